The fraction of sp³-hybridized carbons (Fsp3) is 0.278. The highest BCUT2D eigenvalue weighted by Crippen LogP contribution is 2.33. The second kappa shape index (κ2) is 8.07. The van der Waals surface area contributed by atoms with Crippen LogP contribution in [-0.2, 0) is 11.0 Å². The van der Waals surface area contributed by atoms with Gasteiger partial charge in [-0.25, -0.2) is 9.48 Å². The van der Waals surface area contributed by atoms with Gasteiger partial charge in [-0.1, -0.05) is 29.8 Å². The van der Waals surface area contributed by atoms with Gasteiger partial charge in [0, 0.05) is 0 Å². The van der Waals surface area contributed by atoms with Crippen molar-refractivity contribution < 1.29 is 27.9 Å². The van der Waals surface area contributed by atoms with Crippen molar-refractivity contribution in [2.45, 2.75) is 32.5 Å². The number of nitrogens with zero attached hydrogens (tertiary/aromatic N) is 2. The van der Waals surface area contributed by atoms with Gasteiger partial charge in [-0.15, -0.1) is 0 Å². The minimum atomic E-state index is -4.86. The average Bonchev–Trinajstić information content (AvgIpc) is 3.04. The molecule has 144 valence electrons. The van der Waals surface area contributed by atoms with Crippen molar-refractivity contribution in [3.05, 3.63) is 59.4 Å². The predicted octanol–water partition coefficient (Wildman–Crippen LogP) is 3.35. The van der Waals surface area contributed by atoms with Crippen LogP contribution in [0.2, 0.25) is 0 Å². The zero-order valence-electron chi connectivity index (χ0n) is 14.6. The number of rotatable bonds is 6. The Bertz CT molecular complexity index is 855. The van der Waals surface area contributed by atoms with Crippen LogP contribution < -0.4 is 5.32 Å². The number of halogens is 3. The molecule has 0 aliphatic heterocycles. The van der Waals surface area contributed by atoms with E-state index in [1.54, 1.807) is 32.1 Å². The minimum Gasteiger partial charge on any atom is -0.480 e. The number of aliphatic carboxylic acids is 1. The number of carboxylic acids is 1. The highest BCUT2D eigenvalue weighted by atomic mass is 19.4. The molecule has 1 aromatic heterocycles. The Labute approximate surface area is 153 Å². The van der Waals surface area contributed by atoms with Crippen LogP contribution in [0.3, 0.4) is 0 Å². The first-order chi connectivity index (χ1) is 12.6. The molecule has 27 heavy (non-hydrogen) atoms. The van der Waals surface area contributed by atoms with Crippen molar-refractivity contribution in [1.82, 2.24) is 15.1 Å². The van der Waals surface area contributed by atoms with E-state index in [2.05, 4.69) is 10.4 Å². The molecule has 0 saturated carbocycles. The molecular weight excluding hydrogens is 363 g/mol. The molecule has 0 fully saturated rings. The summed E-state index contributed by atoms with van der Waals surface area (Å²) >= 11 is 0. The van der Waals surface area contributed by atoms with E-state index >= 15 is 0 Å². The number of alkyl halides is 3. The Kier molecular flexibility index (Phi) is 6.04. The van der Waals surface area contributed by atoms with E-state index in [9.17, 15) is 22.8 Å². The molecule has 2 aromatic rings. The summed E-state index contributed by atoms with van der Waals surface area (Å²) in [6.07, 6.45) is -1.05. The van der Waals surface area contributed by atoms with E-state index in [0.29, 0.717) is 4.68 Å². The SMILES string of the molecule is C/C=C/CC(NC(=O)c1cnn(-c2ccc(C)cc2)c1C(F)(F)F)C(=O)O. The smallest absolute Gasteiger partial charge is 0.434 e. The zero-order chi connectivity index (χ0) is 20.2. The van der Waals surface area contributed by atoms with Crippen LogP contribution in [0.5, 0.6) is 0 Å². The minimum absolute atomic E-state index is 0.0506. The summed E-state index contributed by atoms with van der Waals surface area (Å²) < 4.78 is 41.4. The maximum Gasteiger partial charge on any atom is 0.434 e. The van der Waals surface area contributed by atoms with Gasteiger partial charge in [0.1, 0.15) is 6.04 Å². The molecule has 1 atom stereocenters. The summed E-state index contributed by atoms with van der Waals surface area (Å²) in [6.45, 7) is 3.45. The summed E-state index contributed by atoms with van der Waals surface area (Å²) in [5.74, 6) is -2.50. The summed E-state index contributed by atoms with van der Waals surface area (Å²) in [6, 6.07) is 4.79. The van der Waals surface area contributed by atoms with Crippen molar-refractivity contribution in [3.63, 3.8) is 0 Å². The first-order valence-corrected chi connectivity index (χ1v) is 8.02. The van der Waals surface area contributed by atoms with E-state index in [0.717, 1.165) is 11.8 Å². The third-order valence-electron chi connectivity index (χ3n) is 3.77. The van der Waals surface area contributed by atoms with Crippen molar-refractivity contribution in [3.8, 4) is 5.69 Å². The Morgan fingerprint density at radius 1 is 1.30 bits per heavy atom. The number of aromatic nitrogens is 2. The molecule has 9 heteroatoms. The molecular formula is C18H18F3N3O3. The van der Waals surface area contributed by atoms with Gasteiger partial charge in [0.25, 0.3) is 5.91 Å². The molecule has 1 aromatic carbocycles. The van der Waals surface area contributed by atoms with Crippen LogP contribution in [0, 0.1) is 6.92 Å². The van der Waals surface area contributed by atoms with E-state index in [-0.39, 0.29) is 12.1 Å². The number of allylic oxidation sites excluding steroid dienone is 1. The summed E-state index contributed by atoms with van der Waals surface area (Å²) in [5, 5.41) is 14.9. The van der Waals surface area contributed by atoms with Crippen LogP contribution in [0.25, 0.3) is 5.69 Å². The molecule has 0 radical (unpaired) electrons. The van der Waals surface area contributed by atoms with Crippen molar-refractivity contribution in [1.29, 1.82) is 0 Å². The van der Waals surface area contributed by atoms with Gasteiger partial charge in [0.2, 0.25) is 0 Å². The van der Waals surface area contributed by atoms with Gasteiger partial charge in [0.15, 0.2) is 5.69 Å². The van der Waals surface area contributed by atoms with E-state index < -0.39 is 35.4 Å². The number of nitrogens with one attached hydrogen (secondary N) is 1. The maximum absolute atomic E-state index is 13.6. The topological polar surface area (TPSA) is 84.2 Å². The number of carboxylic acid groups (broad SMARTS) is 1. The van der Waals surface area contributed by atoms with Gasteiger partial charge < -0.3 is 10.4 Å². The zero-order valence-corrected chi connectivity index (χ0v) is 14.6. The Hall–Kier alpha value is -3.10. The molecule has 0 aliphatic carbocycles. The lowest BCUT2D eigenvalue weighted by molar-refractivity contribution is -0.143. The van der Waals surface area contributed by atoms with Crippen molar-refractivity contribution in [2.75, 3.05) is 0 Å². The van der Waals surface area contributed by atoms with E-state index in [1.165, 1.54) is 18.2 Å². The Morgan fingerprint density at radius 2 is 1.93 bits per heavy atom. The number of hydrogen-bond acceptors (Lipinski definition) is 3. The fourth-order valence-corrected chi connectivity index (χ4v) is 2.40. The number of benzene rings is 1. The van der Waals surface area contributed by atoms with Crippen LogP contribution in [0.15, 0.2) is 42.6 Å². The average molecular weight is 381 g/mol. The molecule has 6 nitrogen and oxygen atoms in total. The predicted molar refractivity (Wildman–Crippen MR) is 91.6 cm³/mol. The van der Waals surface area contributed by atoms with Crippen LogP contribution in [0.4, 0.5) is 13.2 Å². The second-order valence-electron chi connectivity index (χ2n) is 5.82. The number of hydrogen-bond donors (Lipinski definition) is 2. The van der Waals surface area contributed by atoms with Crippen LogP contribution in [0.1, 0.15) is 35.0 Å². The van der Waals surface area contributed by atoms with Gasteiger partial charge in [-0.05, 0) is 32.4 Å². The molecule has 0 aliphatic rings. The second-order valence-corrected chi connectivity index (χ2v) is 5.82. The lowest BCUT2D eigenvalue weighted by Crippen LogP contribution is -2.41. The number of carbonyl (C=O) groups is 2. The third kappa shape index (κ3) is 4.75. The molecule has 0 spiro atoms. The van der Waals surface area contributed by atoms with Gasteiger partial charge in [0.05, 0.1) is 17.4 Å². The third-order valence-corrected chi connectivity index (χ3v) is 3.77. The van der Waals surface area contributed by atoms with E-state index in [1.807, 2.05) is 0 Å². The van der Waals surface area contributed by atoms with Crippen LogP contribution >= 0.6 is 0 Å². The summed E-state index contributed by atoms with van der Waals surface area (Å²) in [5.41, 5.74) is -1.02. The lowest BCUT2D eigenvalue weighted by Gasteiger charge is -2.15. The number of aryl methyl sites for hydroxylation is 1. The van der Waals surface area contributed by atoms with E-state index in [4.69, 9.17) is 5.11 Å². The van der Waals surface area contributed by atoms with Gasteiger partial charge in [-0.3, -0.25) is 4.79 Å². The van der Waals surface area contributed by atoms with Gasteiger partial charge in [-0.2, -0.15) is 18.3 Å². The summed E-state index contributed by atoms with van der Waals surface area (Å²) in [7, 11) is 0. The standard InChI is InChI=1S/C18H18F3N3O3/c1-3-4-5-14(17(26)27)23-16(25)13-10-22-24(15(13)18(19,20)21)12-8-6-11(2)7-9-12/h3-4,6-10,14H,5H2,1-2H3,(H,23,25)(H,26,27)/b4-3+. The monoisotopic (exact) mass is 381 g/mol. The quantitative estimate of drug-likeness (QED) is 0.752. The first-order valence-electron chi connectivity index (χ1n) is 8.02. The van der Waals surface area contributed by atoms with Crippen LogP contribution in [-0.4, -0.2) is 32.8 Å². The number of amides is 1. The molecule has 1 heterocycles. The number of carbonyl (C=O) groups excluding carboxylic acids is 1. The lowest BCUT2D eigenvalue weighted by atomic mass is 10.1. The molecule has 1 amide bonds. The first kappa shape index (κ1) is 20.2. The Balaban J connectivity index is 2.43. The molecule has 2 rings (SSSR count). The van der Waals surface area contributed by atoms with Gasteiger partial charge >= 0.3 is 12.1 Å². The van der Waals surface area contributed by atoms with Crippen molar-refractivity contribution >= 4 is 11.9 Å². The molecule has 2 N–H and O–H groups in total. The molecule has 0 bridgehead atoms. The fourth-order valence-electron chi connectivity index (χ4n) is 2.40. The highest BCUT2D eigenvalue weighted by Gasteiger charge is 2.41. The summed E-state index contributed by atoms with van der Waals surface area (Å²) in [4.78, 5) is 23.6. The molecule has 1 unspecified atom stereocenters. The largest absolute Gasteiger partial charge is 0.480 e. The molecule has 0 saturated heterocycles. The normalized spacial score (nSPS) is 12.9. The van der Waals surface area contributed by atoms with Crippen molar-refractivity contribution in [2.24, 2.45) is 0 Å². The maximum atomic E-state index is 13.6. The Morgan fingerprint density at radius 3 is 2.44 bits per heavy atom. The highest BCUT2D eigenvalue weighted by molar-refractivity contribution is 5.97.